The van der Waals surface area contributed by atoms with Crippen molar-refractivity contribution in [2.45, 2.75) is 12.5 Å². The van der Waals surface area contributed by atoms with Crippen molar-refractivity contribution in [2.24, 2.45) is 0 Å². The number of aliphatic hydroxyl groups is 1. The Hall–Kier alpha value is -2.15. The van der Waals surface area contributed by atoms with Crippen LogP contribution in [-0.2, 0) is 0 Å². The van der Waals surface area contributed by atoms with Gasteiger partial charge in [-0.1, -0.05) is 24.3 Å². The lowest BCUT2D eigenvalue weighted by molar-refractivity contribution is -0.275. The van der Waals surface area contributed by atoms with Gasteiger partial charge in [0.25, 0.3) is 0 Å². The molecule has 0 radical (unpaired) electrons. The topological polar surface area (TPSA) is 29.5 Å². The molecule has 2 nitrogen and oxygen atoms in total. The maximum Gasteiger partial charge on any atom is 0.573 e. The molecule has 0 amide bonds. The molecule has 0 aromatic heterocycles. The van der Waals surface area contributed by atoms with Gasteiger partial charge in [0.05, 0.1) is 5.56 Å². The molecule has 0 saturated carbocycles. The molecule has 112 valence electrons. The van der Waals surface area contributed by atoms with Gasteiger partial charge in [-0.25, -0.2) is 8.78 Å². The van der Waals surface area contributed by atoms with Crippen LogP contribution in [0.4, 0.5) is 22.0 Å². The summed E-state index contributed by atoms with van der Waals surface area (Å²) in [5, 5.41) is 10.0. The fraction of sp³-hybridized carbons (Fsp3) is 0.143. The van der Waals surface area contributed by atoms with Gasteiger partial charge in [0.1, 0.15) is 23.5 Å². The minimum atomic E-state index is -4.98. The van der Waals surface area contributed by atoms with Gasteiger partial charge in [-0.2, -0.15) is 0 Å². The lowest BCUT2D eigenvalue weighted by atomic mass is 9.99. The van der Waals surface area contributed by atoms with Gasteiger partial charge >= 0.3 is 6.36 Å². The highest BCUT2D eigenvalue weighted by atomic mass is 19.4. The molecule has 0 bridgehead atoms. The number of ether oxygens (including phenoxy) is 1. The molecule has 1 N–H and O–H groups in total. The molecule has 2 aromatic rings. The molecule has 7 heteroatoms. The summed E-state index contributed by atoms with van der Waals surface area (Å²) in [6.45, 7) is 0. The first kappa shape index (κ1) is 15.2. The Morgan fingerprint density at radius 2 is 1.48 bits per heavy atom. The molecule has 0 spiro atoms. The molecule has 0 aliphatic heterocycles. The molecule has 0 heterocycles. The van der Waals surface area contributed by atoms with Gasteiger partial charge < -0.3 is 9.84 Å². The minimum Gasteiger partial charge on any atom is -0.405 e. The number of halogens is 5. The van der Waals surface area contributed by atoms with Gasteiger partial charge in [-0.3, -0.25) is 0 Å². The number of rotatable bonds is 3. The zero-order valence-electron chi connectivity index (χ0n) is 10.4. The normalized spacial score (nSPS) is 13.0. The lowest BCUT2D eigenvalue weighted by Gasteiger charge is -2.18. The first-order chi connectivity index (χ1) is 9.79. The first-order valence-corrected chi connectivity index (χ1v) is 5.76. The van der Waals surface area contributed by atoms with E-state index < -0.39 is 35.4 Å². The number of hydrogen-bond donors (Lipinski definition) is 1. The second-order valence-corrected chi connectivity index (χ2v) is 4.12. The van der Waals surface area contributed by atoms with Crippen molar-refractivity contribution < 1.29 is 31.8 Å². The van der Waals surface area contributed by atoms with Crippen molar-refractivity contribution in [3.05, 3.63) is 65.2 Å². The van der Waals surface area contributed by atoms with Crippen LogP contribution in [-0.4, -0.2) is 11.5 Å². The summed E-state index contributed by atoms with van der Waals surface area (Å²) in [7, 11) is 0. The SMILES string of the molecule is OC(c1ccccc1OC(F)(F)F)c1c(F)cccc1F. The number of benzene rings is 2. The summed E-state index contributed by atoms with van der Waals surface area (Å²) in [4.78, 5) is 0. The van der Waals surface area contributed by atoms with Gasteiger partial charge in [-0.05, 0) is 18.2 Å². The van der Waals surface area contributed by atoms with Crippen molar-refractivity contribution >= 4 is 0 Å². The maximum atomic E-state index is 13.6. The predicted molar refractivity (Wildman–Crippen MR) is 63.5 cm³/mol. The molecule has 2 aromatic carbocycles. The smallest absolute Gasteiger partial charge is 0.405 e. The quantitative estimate of drug-likeness (QED) is 0.870. The van der Waals surface area contributed by atoms with E-state index in [-0.39, 0.29) is 5.56 Å². The highest BCUT2D eigenvalue weighted by Crippen LogP contribution is 2.35. The molecule has 1 unspecified atom stereocenters. The summed E-state index contributed by atoms with van der Waals surface area (Å²) < 4.78 is 67.8. The molecule has 0 fully saturated rings. The van der Waals surface area contributed by atoms with E-state index in [1.165, 1.54) is 12.1 Å². The maximum absolute atomic E-state index is 13.6. The summed E-state index contributed by atoms with van der Waals surface area (Å²) in [5.41, 5.74) is -1.13. The molecule has 2 rings (SSSR count). The van der Waals surface area contributed by atoms with Crippen molar-refractivity contribution in [2.75, 3.05) is 0 Å². The molecule has 0 aliphatic carbocycles. The first-order valence-electron chi connectivity index (χ1n) is 5.76. The third-order valence-electron chi connectivity index (χ3n) is 2.71. The lowest BCUT2D eigenvalue weighted by Crippen LogP contribution is -2.19. The monoisotopic (exact) mass is 304 g/mol. The standard InChI is InChI=1S/C14H9F5O2/c15-9-5-3-6-10(16)12(9)13(20)8-4-1-2-7-11(8)21-14(17,18)19/h1-7,13,20H. The predicted octanol–water partition coefficient (Wildman–Crippen LogP) is 3.95. The number of aliphatic hydroxyl groups excluding tert-OH is 1. The molecule has 0 aliphatic rings. The zero-order valence-corrected chi connectivity index (χ0v) is 10.4. The van der Waals surface area contributed by atoms with Gasteiger partial charge in [0.15, 0.2) is 0 Å². The highest BCUT2D eigenvalue weighted by Gasteiger charge is 2.33. The van der Waals surface area contributed by atoms with Gasteiger partial charge in [0, 0.05) is 5.56 Å². The number of hydrogen-bond acceptors (Lipinski definition) is 2. The fourth-order valence-corrected chi connectivity index (χ4v) is 1.85. The molecular weight excluding hydrogens is 295 g/mol. The van der Waals surface area contributed by atoms with Gasteiger partial charge in [0.2, 0.25) is 0 Å². The Bertz CT molecular complexity index is 619. The molecule has 1 atom stereocenters. The van der Waals surface area contributed by atoms with Crippen LogP contribution in [0.1, 0.15) is 17.2 Å². The van der Waals surface area contributed by atoms with E-state index in [2.05, 4.69) is 4.74 Å². The van der Waals surface area contributed by atoms with Crippen molar-refractivity contribution in [1.82, 2.24) is 0 Å². The average Bonchev–Trinajstić information content (AvgIpc) is 2.37. The van der Waals surface area contributed by atoms with Crippen LogP contribution in [0.15, 0.2) is 42.5 Å². The van der Waals surface area contributed by atoms with Crippen LogP contribution >= 0.6 is 0 Å². The average molecular weight is 304 g/mol. The zero-order chi connectivity index (χ0) is 15.6. The molecular formula is C14H9F5O2. The summed E-state index contributed by atoms with van der Waals surface area (Å²) >= 11 is 0. The minimum absolute atomic E-state index is 0.390. The van der Waals surface area contributed by atoms with E-state index >= 15 is 0 Å². The van der Waals surface area contributed by atoms with E-state index in [9.17, 15) is 27.1 Å². The van der Waals surface area contributed by atoms with E-state index in [1.807, 2.05) is 0 Å². The van der Waals surface area contributed by atoms with E-state index in [0.29, 0.717) is 0 Å². The Kier molecular flexibility index (Phi) is 4.13. The summed E-state index contributed by atoms with van der Waals surface area (Å²) in [6, 6.07) is 7.49. The highest BCUT2D eigenvalue weighted by molar-refractivity contribution is 5.41. The Morgan fingerprint density at radius 1 is 0.905 bits per heavy atom. The van der Waals surface area contributed by atoms with Crippen molar-refractivity contribution in [3.63, 3.8) is 0 Å². The van der Waals surface area contributed by atoms with Crippen LogP contribution in [0.25, 0.3) is 0 Å². The van der Waals surface area contributed by atoms with Crippen LogP contribution < -0.4 is 4.74 Å². The second kappa shape index (κ2) is 5.69. The van der Waals surface area contributed by atoms with Crippen LogP contribution in [0, 0.1) is 11.6 Å². The summed E-state index contributed by atoms with van der Waals surface area (Å²) in [5.74, 6) is -2.85. The summed E-state index contributed by atoms with van der Waals surface area (Å²) in [6.07, 6.45) is -6.91. The van der Waals surface area contributed by atoms with Gasteiger partial charge in [-0.15, -0.1) is 13.2 Å². The van der Waals surface area contributed by atoms with Crippen LogP contribution in [0.2, 0.25) is 0 Å². The van der Waals surface area contributed by atoms with Crippen molar-refractivity contribution in [3.8, 4) is 5.75 Å². The number of alkyl halides is 3. The Labute approximate surface area is 116 Å². The van der Waals surface area contributed by atoms with E-state index in [4.69, 9.17) is 0 Å². The fourth-order valence-electron chi connectivity index (χ4n) is 1.85. The molecule has 21 heavy (non-hydrogen) atoms. The van der Waals surface area contributed by atoms with E-state index in [0.717, 1.165) is 30.3 Å². The van der Waals surface area contributed by atoms with Crippen molar-refractivity contribution in [1.29, 1.82) is 0 Å². The number of para-hydroxylation sites is 1. The third kappa shape index (κ3) is 3.49. The third-order valence-corrected chi connectivity index (χ3v) is 2.71. The van der Waals surface area contributed by atoms with Crippen LogP contribution in [0.5, 0.6) is 5.75 Å². The Morgan fingerprint density at radius 3 is 2.05 bits per heavy atom. The Balaban J connectivity index is 2.47. The second-order valence-electron chi connectivity index (χ2n) is 4.12. The van der Waals surface area contributed by atoms with E-state index in [1.54, 1.807) is 0 Å². The van der Waals surface area contributed by atoms with Crippen LogP contribution in [0.3, 0.4) is 0 Å². The largest absolute Gasteiger partial charge is 0.573 e. The molecule has 0 saturated heterocycles.